The molecule has 88 valence electrons. The number of primary amides is 1. The van der Waals surface area contributed by atoms with Crippen LogP contribution < -0.4 is 5.73 Å². The fourth-order valence-electron chi connectivity index (χ4n) is 1.43. The highest BCUT2D eigenvalue weighted by Crippen LogP contribution is 2.15. The maximum Gasteiger partial charge on any atom is 0.372 e. The minimum Gasteiger partial charge on any atom is -0.475 e. The monoisotopic (exact) mass is 226 g/mol. The smallest absolute Gasteiger partial charge is 0.372 e. The number of carbonyl (C=O) groups is 2. The van der Waals surface area contributed by atoms with Crippen molar-refractivity contribution in [1.82, 2.24) is 4.90 Å². The van der Waals surface area contributed by atoms with E-state index in [1.54, 1.807) is 24.9 Å². The van der Waals surface area contributed by atoms with Gasteiger partial charge in [0.1, 0.15) is 5.76 Å². The average Bonchev–Trinajstić information content (AvgIpc) is 2.44. The van der Waals surface area contributed by atoms with Gasteiger partial charge < -0.3 is 15.3 Å². The van der Waals surface area contributed by atoms with E-state index in [1.165, 1.54) is 0 Å². The highest BCUT2D eigenvalue weighted by molar-refractivity contribution is 5.86. The molecule has 1 rings (SSSR count). The largest absolute Gasteiger partial charge is 0.475 e. The molecule has 0 spiro atoms. The lowest BCUT2D eigenvalue weighted by molar-refractivity contribution is -0.119. The van der Waals surface area contributed by atoms with Gasteiger partial charge in [0.25, 0.3) is 0 Å². The van der Waals surface area contributed by atoms with Gasteiger partial charge in [0.2, 0.25) is 11.7 Å². The number of nitrogens with zero attached hydrogens (tertiary/aromatic N) is 1. The Morgan fingerprint density at radius 2 is 2.19 bits per heavy atom. The highest BCUT2D eigenvalue weighted by Gasteiger charge is 2.15. The molecule has 1 aromatic rings. The molecule has 16 heavy (non-hydrogen) atoms. The number of hydrogen-bond acceptors (Lipinski definition) is 4. The maximum atomic E-state index is 10.7. The van der Waals surface area contributed by atoms with Gasteiger partial charge in [-0.05, 0) is 20.0 Å². The number of carboxylic acids is 1. The van der Waals surface area contributed by atoms with Crippen LogP contribution >= 0.6 is 0 Å². The van der Waals surface area contributed by atoms with Gasteiger partial charge in [0.15, 0.2) is 0 Å². The van der Waals surface area contributed by atoms with E-state index in [4.69, 9.17) is 15.3 Å². The summed E-state index contributed by atoms with van der Waals surface area (Å²) in [6.45, 7) is 2.10. The summed E-state index contributed by atoms with van der Waals surface area (Å²) in [6, 6.07) is 1.64. The lowest BCUT2D eigenvalue weighted by Crippen LogP contribution is -2.30. The van der Waals surface area contributed by atoms with Gasteiger partial charge in [0.05, 0.1) is 13.1 Å². The Balaban J connectivity index is 2.71. The molecular formula is C10H14N2O4. The van der Waals surface area contributed by atoms with Crippen molar-refractivity contribution in [1.29, 1.82) is 0 Å². The van der Waals surface area contributed by atoms with Crippen molar-refractivity contribution in [3.05, 3.63) is 23.2 Å². The zero-order chi connectivity index (χ0) is 12.3. The number of carboxylic acid groups (broad SMARTS) is 1. The van der Waals surface area contributed by atoms with Crippen molar-refractivity contribution in [3.8, 4) is 0 Å². The Kier molecular flexibility index (Phi) is 3.68. The predicted octanol–water partition coefficient (Wildman–Crippen LogP) is 0.203. The van der Waals surface area contributed by atoms with Gasteiger partial charge in [-0.2, -0.15) is 0 Å². The number of carbonyl (C=O) groups excluding carboxylic acids is 1. The highest BCUT2D eigenvalue weighted by atomic mass is 16.4. The number of amides is 1. The second-order valence-electron chi connectivity index (χ2n) is 3.67. The van der Waals surface area contributed by atoms with Crippen LogP contribution in [0.3, 0.4) is 0 Å². The van der Waals surface area contributed by atoms with Crippen molar-refractivity contribution >= 4 is 11.9 Å². The Hall–Kier alpha value is -1.82. The Bertz CT molecular complexity index is 411. The number of rotatable bonds is 5. The zero-order valence-corrected chi connectivity index (χ0v) is 9.19. The van der Waals surface area contributed by atoms with Gasteiger partial charge in [-0.3, -0.25) is 9.69 Å². The van der Waals surface area contributed by atoms with Gasteiger partial charge in [-0.25, -0.2) is 4.79 Å². The number of furan rings is 1. The number of aryl methyl sites for hydroxylation is 1. The second-order valence-corrected chi connectivity index (χ2v) is 3.67. The van der Waals surface area contributed by atoms with E-state index in [0.29, 0.717) is 17.9 Å². The first-order valence-electron chi connectivity index (χ1n) is 4.69. The van der Waals surface area contributed by atoms with Crippen molar-refractivity contribution in [2.75, 3.05) is 13.6 Å². The van der Waals surface area contributed by atoms with Crippen molar-refractivity contribution in [3.63, 3.8) is 0 Å². The van der Waals surface area contributed by atoms with Crippen LogP contribution in [0, 0.1) is 6.92 Å². The fourth-order valence-corrected chi connectivity index (χ4v) is 1.43. The fraction of sp³-hybridized carbons (Fsp3) is 0.400. The van der Waals surface area contributed by atoms with E-state index in [2.05, 4.69) is 0 Å². The van der Waals surface area contributed by atoms with Gasteiger partial charge in [0, 0.05) is 5.56 Å². The maximum absolute atomic E-state index is 10.7. The summed E-state index contributed by atoms with van der Waals surface area (Å²) in [4.78, 5) is 23.0. The number of likely N-dealkylation sites (N-methyl/N-ethyl adjacent to an activating group) is 1. The second kappa shape index (κ2) is 4.80. The molecule has 0 unspecified atom stereocenters. The molecule has 0 fully saturated rings. The van der Waals surface area contributed by atoms with E-state index in [9.17, 15) is 9.59 Å². The molecule has 0 bridgehead atoms. The Morgan fingerprint density at radius 1 is 1.56 bits per heavy atom. The molecule has 0 atom stereocenters. The van der Waals surface area contributed by atoms with Crippen molar-refractivity contribution < 1.29 is 19.1 Å². The van der Waals surface area contributed by atoms with Crippen LogP contribution in [-0.4, -0.2) is 35.5 Å². The molecule has 0 aromatic carbocycles. The summed E-state index contributed by atoms with van der Waals surface area (Å²) in [5, 5.41) is 8.78. The van der Waals surface area contributed by atoms with Crippen molar-refractivity contribution in [2.45, 2.75) is 13.5 Å². The topological polar surface area (TPSA) is 96.8 Å². The van der Waals surface area contributed by atoms with Gasteiger partial charge in [-0.15, -0.1) is 0 Å². The van der Waals surface area contributed by atoms with Crippen LogP contribution in [0.1, 0.15) is 21.9 Å². The number of nitrogens with two attached hydrogens (primary N) is 1. The average molecular weight is 226 g/mol. The molecule has 1 amide bonds. The molecule has 0 aliphatic heterocycles. The quantitative estimate of drug-likeness (QED) is 0.747. The first-order chi connectivity index (χ1) is 7.40. The van der Waals surface area contributed by atoms with Gasteiger partial charge >= 0.3 is 5.97 Å². The Morgan fingerprint density at radius 3 is 2.62 bits per heavy atom. The lowest BCUT2D eigenvalue weighted by atomic mass is 10.2. The summed E-state index contributed by atoms with van der Waals surface area (Å²) >= 11 is 0. The normalized spacial score (nSPS) is 10.7. The summed E-state index contributed by atoms with van der Waals surface area (Å²) in [6.07, 6.45) is 0. The number of hydrogen-bond donors (Lipinski definition) is 2. The van der Waals surface area contributed by atoms with Crippen LogP contribution in [-0.2, 0) is 11.3 Å². The lowest BCUT2D eigenvalue weighted by Gasteiger charge is -2.11. The summed E-state index contributed by atoms with van der Waals surface area (Å²) < 4.78 is 5.13. The predicted molar refractivity (Wildman–Crippen MR) is 55.9 cm³/mol. The molecule has 1 heterocycles. The molecule has 0 radical (unpaired) electrons. The summed E-state index contributed by atoms with van der Waals surface area (Å²) in [7, 11) is 1.70. The first kappa shape index (κ1) is 12.3. The van der Waals surface area contributed by atoms with Crippen LogP contribution in [0.15, 0.2) is 10.5 Å². The third-order valence-electron chi connectivity index (χ3n) is 2.01. The summed E-state index contributed by atoms with van der Waals surface area (Å²) in [5.41, 5.74) is 5.59. The Labute approximate surface area is 92.6 Å². The minimum atomic E-state index is -1.10. The van der Waals surface area contributed by atoms with Crippen LogP contribution in [0.4, 0.5) is 0 Å². The van der Waals surface area contributed by atoms with Crippen LogP contribution in [0.2, 0.25) is 0 Å². The third kappa shape index (κ3) is 3.09. The minimum absolute atomic E-state index is 0.0672. The van der Waals surface area contributed by atoms with E-state index in [1.807, 2.05) is 0 Å². The molecule has 1 aromatic heterocycles. The molecular weight excluding hydrogens is 212 g/mol. The van der Waals surface area contributed by atoms with E-state index in [0.717, 1.165) is 0 Å². The van der Waals surface area contributed by atoms with E-state index < -0.39 is 11.9 Å². The SMILES string of the molecule is Cc1cc(CN(C)CC(N)=O)oc1C(=O)O. The first-order valence-corrected chi connectivity index (χ1v) is 4.69. The molecule has 0 saturated heterocycles. The number of aromatic carboxylic acids is 1. The molecule has 0 aliphatic carbocycles. The van der Waals surface area contributed by atoms with E-state index >= 15 is 0 Å². The van der Waals surface area contributed by atoms with Crippen LogP contribution in [0.5, 0.6) is 0 Å². The molecule has 0 saturated carbocycles. The molecule has 6 heteroatoms. The molecule has 3 N–H and O–H groups in total. The standard InChI is InChI=1S/C10H14N2O4/c1-6-3-7(16-9(6)10(14)15)4-12(2)5-8(11)13/h3H,4-5H2,1-2H3,(H2,11,13)(H,14,15). The third-order valence-corrected chi connectivity index (χ3v) is 2.01. The van der Waals surface area contributed by atoms with Crippen molar-refractivity contribution in [2.24, 2.45) is 5.73 Å². The molecule has 0 aliphatic rings. The van der Waals surface area contributed by atoms with Crippen LogP contribution in [0.25, 0.3) is 0 Å². The van der Waals surface area contributed by atoms with Gasteiger partial charge in [-0.1, -0.05) is 0 Å². The molecule has 6 nitrogen and oxygen atoms in total. The zero-order valence-electron chi connectivity index (χ0n) is 9.19. The summed E-state index contributed by atoms with van der Waals surface area (Å²) in [5.74, 6) is -1.10. The van der Waals surface area contributed by atoms with E-state index in [-0.39, 0.29) is 12.3 Å².